The van der Waals surface area contributed by atoms with E-state index < -0.39 is 6.36 Å². The van der Waals surface area contributed by atoms with Crippen molar-refractivity contribution in [2.24, 2.45) is 0 Å². The zero-order chi connectivity index (χ0) is 14.3. The summed E-state index contributed by atoms with van der Waals surface area (Å²) in [5, 5.41) is 3.19. The standard InChI is InChI=1S/C13H18F3NO2/c1-10(2)17-8-5-9-18-11-6-3-4-7-12(11)19-13(14,15)16/h3-4,6-7,10,17H,5,8-9H2,1-2H3. The highest BCUT2D eigenvalue weighted by atomic mass is 19.4. The Morgan fingerprint density at radius 2 is 1.79 bits per heavy atom. The Kier molecular flexibility index (Phi) is 5.95. The largest absolute Gasteiger partial charge is 0.573 e. The van der Waals surface area contributed by atoms with Crippen LogP contribution in [0.1, 0.15) is 20.3 Å². The molecule has 1 N–H and O–H groups in total. The Hall–Kier alpha value is -1.43. The molecule has 0 unspecified atom stereocenters. The molecule has 0 aromatic heterocycles. The van der Waals surface area contributed by atoms with Crippen molar-refractivity contribution in [2.75, 3.05) is 13.2 Å². The van der Waals surface area contributed by atoms with Crippen LogP contribution in [0.2, 0.25) is 0 Å². The molecule has 0 heterocycles. The Labute approximate surface area is 110 Å². The minimum Gasteiger partial charge on any atom is -0.490 e. The highest BCUT2D eigenvalue weighted by Gasteiger charge is 2.32. The van der Waals surface area contributed by atoms with Crippen molar-refractivity contribution in [3.8, 4) is 11.5 Å². The minimum absolute atomic E-state index is 0.101. The first-order chi connectivity index (χ1) is 8.88. The van der Waals surface area contributed by atoms with Gasteiger partial charge < -0.3 is 14.8 Å². The van der Waals surface area contributed by atoms with E-state index in [1.54, 1.807) is 6.07 Å². The molecule has 1 aromatic carbocycles. The van der Waals surface area contributed by atoms with Crippen LogP contribution in [-0.4, -0.2) is 25.6 Å². The van der Waals surface area contributed by atoms with Crippen LogP contribution in [0, 0.1) is 0 Å². The van der Waals surface area contributed by atoms with E-state index in [-0.39, 0.29) is 11.5 Å². The quantitative estimate of drug-likeness (QED) is 0.775. The van der Waals surface area contributed by atoms with Gasteiger partial charge in [0.1, 0.15) is 0 Å². The summed E-state index contributed by atoms with van der Waals surface area (Å²) in [6, 6.07) is 6.13. The number of alkyl halides is 3. The minimum atomic E-state index is -4.71. The molecule has 19 heavy (non-hydrogen) atoms. The van der Waals surface area contributed by atoms with E-state index in [2.05, 4.69) is 10.1 Å². The van der Waals surface area contributed by atoms with Gasteiger partial charge in [0.25, 0.3) is 0 Å². The van der Waals surface area contributed by atoms with Crippen molar-refractivity contribution >= 4 is 0 Å². The molecule has 0 bridgehead atoms. The number of para-hydroxylation sites is 2. The summed E-state index contributed by atoms with van der Waals surface area (Å²) >= 11 is 0. The first kappa shape index (κ1) is 15.6. The van der Waals surface area contributed by atoms with E-state index >= 15 is 0 Å². The molecule has 0 aliphatic heterocycles. The van der Waals surface area contributed by atoms with Crippen molar-refractivity contribution in [1.29, 1.82) is 0 Å². The van der Waals surface area contributed by atoms with Crippen molar-refractivity contribution in [1.82, 2.24) is 5.32 Å². The van der Waals surface area contributed by atoms with Gasteiger partial charge in [-0.1, -0.05) is 26.0 Å². The van der Waals surface area contributed by atoms with Gasteiger partial charge in [-0.05, 0) is 25.1 Å². The number of hydrogen-bond donors (Lipinski definition) is 1. The molecule has 0 aliphatic rings. The summed E-state index contributed by atoms with van der Waals surface area (Å²) in [6.07, 6.45) is -4.00. The van der Waals surface area contributed by atoms with E-state index in [0.29, 0.717) is 19.1 Å². The van der Waals surface area contributed by atoms with E-state index in [1.807, 2.05) is 13.8 Å². The average Bonchev–Trinajstić information content (AvgIpc) is 2.28. The third-order valence-electron chi connectivity index (χ3n) is 2.21. The second kappa shape index (κ2) is 7.23. The number of nitrogens with one attached hydrogen (secondary N) is 1. The Morgan fingerprint density at radius 3 is 2.37 bits per heavy atom. The lowest BCUT2D eigenvalue weighted by Crippen LogP contribution is -2.24. The number of benzene rings is 1. The van der Waals surface area contributed by atoms with Gasteiger partial charge in [0.15, 0.2) is 11.5 Å². The summed E-state index contributed by atoms with van der Waals surface area (Å²) < 4.78 is 45.7. The highest BCUT2D eigenvalue weighted by Crippen LogP contribution is 2.31. The zero-order valence-electron chi connectivity index (χ0n) is 11.0. The zero-order valence-corrected chi connectivity index (χ0v) is 11.0. The fourth-order valence-corrected chi connectivity index (χ4v) is 1.42. The van der Waals surface area contributed by atoms with Gasteiger partial charge >= 0.3 is 6.36 Å². The molecular formula is C13H18F3NO2. The smallest absolute Gasteiger partial charge is 0.490 e. The number of halogens is 3. The average molecular weight is 277 g/mol. The number of hydrogen-bond acceptors (Lipinski definition) is 3. The molecule has 3 nitrogen and oxygen atoms in total. The molecular weight excluding hydrogens is 259 g/mol. The second-order valence-corrected chi connectivity index (χ2v) is 4.31. The molecule has 0 saturated heterocycles. The van der Waals surface area contributed by atoms with E-state index in [9.17, 15) is 13.2 Å². The summed E-state index contributed by atoms with van der Waals surface area (Å²) in [5.74, 6) is -0.212. The molecule has 108 valence electrons. The van der Waals surface area contributed by atoms with Gasteiger partial charge in [-0.15, -0.1) is 13.2 Å². The van der Waals surface area contributed by atoms with Crippen molar-refractivity contribution in [3.63, 3.8) is 0 Å². The molecule has 0 atom stereocenters. The summed E-state index contributed by atoms with van der Waals surface area (Å²) in [6.45, 7) is 5.12. The Morgan fingerprint density at radius 1 is 1.16 bits per heavy atom. The maximum atomic E-state index is 12.2. The molecule has 0 spiro atoms. The topological polar surface area (TPSA) is 30.5 Å². The molecule has 0 aliphatic carbocycles. The molecule has 0 saturated carbocycles. The summed E-state index contributed by atoms with van der Waals surface area (Å²) in [5.41, 5.74) is 0. The van der Waals surface area contributed by atoms with Crippen LogP contribution in [0.3, 0.4) is 0 Å². The van der Waals surface area contributed by atoms with Crippen molar-refractivity contribution < 1.29 is 22.6 Å². The van der Waals surface area contributed by atoms with E-state index in [0.717, 1.165) is 6.54 Å². The maximum absolute atomic E-state index is 12.2. The van der Waals surface area contributed by atoms with E-state index in [4.69, 9.17) is 4.74 Å². The van der Waals surface area contributed by atoms with Crippen molar-refractivity contribution in [3.05, 3.63) is 24.3 Å². The summed E-state index contributed by atoms with van der Waals surface area (Å²) in [7, 11) is 0. The molecule has 0 radical (unpaired) electrons. The van der Waals surface area contributed by atoms with Crippen LogP contribution in [0.25, 0.3) is 0 Å². The molecule has 1 rings (SSSR count). The maximum Gasteiger partial charge on any atom is 0.573 e. The first-order valence-corrected chi connectivity index (χ1v) is 6.09. The molecule has 0 amide bonds. The van der Waals surface area contributed by atoms with Gasteiger partial charge in [0.05, 0.1) is 6.61 Å². The SMILES string of the molecule is CC(C)NCCCOc1ccccc1OC(F)(F)F. The van der Waals surface area contributed by atoms with Crippen molar-refractivity contribution in [2.45, 2.75) is 32.7 Å². The predicted octanol–water partition coefficient (Wildman–Crippen LogP) is 3.35. The third kappa shape index (κ3) is 6.91. The lowest BCUT2D eigenvalue weighted by molar-refractivity contribution is -0.275. The summed E-state index contributed by atoms with van der Waals surface area (Å²) in [4.78, 5) is 0. The molecule has 1 aromatic rings. The van der Waals surface area contributed by atoms with Crippen LogP contribution in [0.15, 0.2) is 24.3 Å². The lowest BCUT2D eigenvalue weighted by atomic mass is 10.3. The molecule has 0 fully saturated rings. The molecule has 6 heteroatoms. The monoisotopic (exact) mass is 277 g/mol. The highest BCUT2D eigenvalue weighted by molar-refractivity contribution is 5.39. The van der Waals surface area contributed by atoms with Crippen LogP contribution in [0.5, 0.6) is 11.5 Å². The first-order valence-electron chi connectivity index (χ1n) is 6.09. The Balaban J connectivity index is 2.45. The third-order valence-corrected chi connectivity index (χ3v) is 2.21. The van der Waals surface area contributed by atoms with Crippen LogP contribution >= 0.6 is 0 Å². The van der Waals surface area contributed by atoms with Gasteiger partial charge in [-0.3, -0.25) is 0 Å². The van der Waals surface area contributed by atoms with Gasteiger partial charge in [-0.25, -0.2) is 0 Å². The van der Waals surface area contributed by atoms with Crippen LogP contribution in [-0.2, 0) is 0 Å². The van der Waals surface area contributed by atoms with Gasteiger partial charge in [0.2, 0.25) is 0 Å². The van der Waals surface area contributed by atoms with E-state index in [1.165, 1.54) is 18.2 Å². The van der Waals surface area contributed by atoms with Gasteiger partial charge in [-0.2, -0.15) is 0 Å². The second-order valence-electron chi connectivity index (χ2n) is 4.31. The predicted molar refractivity (Wildman–Crippen MR) is 66.4 cm³/mol. The number of ether oxygens (including phenoxy) is 2. The normalized spacial score (nSPS) is 11.7. The number of rotatable bonds is 7. The fourth-order valence-electron chi connectivity index (χ4n) is 1.42. The van der Waals surface area contributed by atoms with Crippen LogP contribution in [0.4, 0.5) is 13.2 Å². The lowest BCUT2D eigenvalue weighted by Gasteiger charge is -2.14. The van der Waals surface area contributed by atoms with Gasteiger partial charge in [0, 0.05) is 6.04 Å². The fraction of sp³-hybridized carbons (Fsp3) is 0.538. The Bertz CT molecular complexity index is 380. The van der Waals surface area contributed by atoms with Crippen LogP contribution < -0.4 is 14.8 Å².